The molecule has 0 unspecified atom stereocenters. The maximum Gasteiger partial charge on any atom is 0.176 e. The van der Waals surface area contributed by atoms with E-state index in [1.807, 2.05) is 0 Å². The Labute approximate surface area is 93.8 Å². The molecule has 2 aromatic rings. The molecule has 14 heavy (non-hydrogen) atoms. The second-order valence-electron chi connectivity index (χ2n) is 2.43. The van der Waals surface area contributed by atoms with Crippen molar-refractivity contribution in [2.75, 3.05) is 0 Å². The molecule has 0 saturated carbocycles. The van der Waals surface area contributed by atoms with E-state index in [1.54, 1.807) is 0 Å². The fourth-order valence-corrected chi connectivity index (χ4v) is 2.58. The predicted molar refractivity (Wildman–Crippen MR) is 52.2 cm³/mol. The summed E-state index contributed by atoms with van der Waals surface area (Å²) in [5.74, 6) is -3.37. The van der Waals surface area contributed by atoms with Gasteiger partial charge in [-0.3, -0.25) is 0 Å². The molecule has 0 aliphatic rings. The van der Waals surface area contributed by atoms with Crippen molar-refractivity contribution in [3.05, 3.63) is 27.1 Å². The Bertz CT molecular complexity index is 527. The molecule has 1 aromatic carbocycles. The van der Waals surface area contributed by atoms with Crippen LogP contribution in [0.4, 0.5) is 13.2 Å². The van der Waals surface area contributed by atoms with E-state index >= 15 is 0 Å². The summed E-state index contributed by atoms with van der Waals surface area (Å²) in [4.78, 5) is 0. The maximum atomic E-state index is 13.3. The van der Waals surface area contributed by atoms with Gasteiger partial charge in [-0.15, -0.1) is 0 Å². The summed E-state index contributed by atoms with van der Waals surface area (Å²) in [5.41, 5.74) is 0. The molecule has 0 amide bonds. The van der Waals surface area contributed by atoms with Crippen molar-refractivity contribution in [2.24, 2.45) is 0 Å². The van der Waals surface area contributed by atoms with Crippen molar-refractivity contribution in [1.29, 1.82) is 0 Å². The lowest BCUT2D eigenvalue weighted by Crippen LogP contribution is -1.91. The molecular weight excluding hydrogens is 303 g/mol. The van der Waals surface area contributed by atoms with Crippen molar-refractivity contribution >= 4 is 49.1 Å². The Balaban J connectivity index is 3.05. The van der Waals surface area contributed by atoms with Gasteiger partial charge in [0.05, 0.1) is 14.6 Å². The van der Waals surface area contributed by atoms with Gasteiger partial charge in [0.25, 0.3) is 0 Å². The molecule has 1 heterocycles. The summed E-state index contributed by atoms with van der Waals surface area (Å²) in [5, 5.41) is -0.539. The summed E-state index contributed by atoms with van der Waals surface area (Å²) >= 11 is 8.77. The lowest BCUT2D eigenvalue weighted by Gasteiger charge is -2.00. The van der Waals surface area contributed by atoms with Gasteiger partial charge in [-0.05, 0) is 27.5 Å². The molecule has 0 bridgehead atoms. The molecule has 7 heteroatoms. The first-order valence-electron chi connectivity index (χ1n) is 3.31. The molecule has 0 saturated heterocycles. The second kappa shape index (κ2) is 3.36. The van der Waals surface area contributed by atoms with E-state index in [4.69, 9.17) is 11.6 Å². The van der Waals surface area contributed by atoms with Gasteiger partial charge in [-0.25, -0.2) is 13.2 Å². The minimum atomic E-state index is -1.29. The molecule has 0 radical (unpaired) electrons. The molecule has 0 aliphatic carbocycles. The van der Waals surface area contributed by atoms with Crippen LogP contribution in [0.15, 0.2) is 4.47 Å². The van der Waals surface area contributed by atoms with Crippen LogP contribution in [0.1, 0.15) is 0 Å². The zero-order chi connectivity index (χ0) is 10.5. The van der Waals surface area contributed by atoms with Gasteiger partial charge in [0.15, 0.2) is 22.6 Å². The first kappa shape index (κ1) is 10.2. The van der Waals surface area contributed by atoms with Crippen LogP contribution in [-0.2, 0) is 0 Å². The normalized spacial score (nSPS) is 11.2. The SMILES string of the molecule is Fc1c(Br)c(F)c2snc(Cl)c2c1F. The van der Waals surface area contributed by atoms with E-state index in [2.05, 4.69) is 20.3 Å². The van der Waals surface area contributed by atoms with Crippen LogP contribution >= 0.6 is 39.1 Å². The van der Waals surface area contributed by atoms with Gasteiger partial charge in [0.1, 0.15) is 0 Å². The molecule has 0 fully saturated rings. The summed E-state index contributed by atoms with van der Waals surface area (Å²) in [6.07, 6.45) is 0. The highest BCUT2D eigenvalue weighted by molar-refractivity contribution is 9.10. The van der Waals surface area contributed by atoms with E-state index < -0.39 is 21.9 Å². The zero-order valence-electron chi connectivity index (χ0n) is 6.25. The fraction of sp³-hybridized carbons (Fsp3) is 0. The van der Waals surface area contributed by atoms with Gasteiger partial charge in [0.2, 0.25) is 0 Å². The second-order valence-corrected chi connectivity index (χ2v) is 4.36. The first-order chi connectivity index (χ1) is 6.54. The first-order valence-corrected chi connectivity index (χ1v) is 5.25. The molecule has 2 rings (SSSR count). The van der Waals surface area contributed by atoms with E-state index in [9.17, 15) is 13.2 Å². The van der Waals surface area contributed by atoms with Crippen LogP contribution in [0.3, 0.4) is 0 Å². The van der Waals surface area contributed by atoms with Crippen LogP contribution in [0, 0.1) is 17.5 Å². The Morgan fingerprint density at radius 1 is 1.14 bits per heavy atom. The highest BCUT2D eigenvalue weighted by atomic mass is 79.9. The van der Waals surface area contributed by atoms with Crippen LogP contribution < -0.4 is 0 Å². The largest absolute Gasteiger partial charge is 0.204 e. The Morgan fingerprint density at radius 2 is 1.79 bits per heavy atom. The fourth-order valence-electron chi connectivity index (χ4n) is 1.01. The Hall–Kier alpha value is -0.330. The number of fused-ring (bicyclic) bond motifs is 1. The van der Waals surface area contributed by atoms with Gasteiger partial charge in [0, 0.05) is 0 Å². The predicted octanol–water partition coefficient (Wildman–Crippen LogP) is 4.13. The number of benzene rings is 1. The van der Waals surface area contributed by atoms with Crippen molar-refractivity contribution in [1.82, 2.24) is 4.37 Å². The van der Waals surface area contributed by atoms with Crippen molar-refractivity contribution < 1.29 is 13.2 Å². The lowest BCUT2D eigenvalue weighted by atomic mass is 10.2. The number of rotatable bonds is 0. The van der Waals surface area contributed by atoms with Crippen LogP contribution in [-0.4, -0.2) is 4.37 Å². The smallest absolute Gasteiger partial charge is 0.176 e. The van der Waals surface area contributed by atoms with Crippen molar-refractivity contribution in [3.63, 3.8) is 0 Å². The van der Waals surface area contributed by atoms with Gasteiger partial charge < -0.3 is 0 Å². The number of nitrogens with zero attached hydrogens (tertiary/aromatic N) is 1. The van der Waals surface area contributed by atoms with Gasteiger partial charge in [-0.1, -0.05) is 11.6 Å². The van der Waals surface area contributed by atoms with Gasteiger partial charge in [-0.2, -0.15) is 4.37 Å². The Morgan fingerprint density at radius 3 is 2.43 bits per heavy atom. The summed E-state index contributed by atoms with van der Waals surface area (Å²) in [7, 11) is 0. The summed E-state index contributed by atoms with van der Waals surface area (Å²) < 4.78 is 42.5. The maximum absolute atomic E-state index is 13.3. The number of hydrogen-bond donors (Lipinski definition) is 0. The van der Waals surface area contributed by atoms with E-state index in [-0.39, 0.29) is 15.2 Å². The molecule has 0 atom stereocenters. The quantitative estimate of drug-likeness (QED) is 0.527. The van der Waals surface area contributed by atoms with Crippen LogP contribution in [0.2, 0.25) is 5.15 Å². The van der Waals surface area contributed by atoms with Crippen LogP contribution in [0.5, 0.6) is 0 Å². The Kier molecular flexibility index (Phi) is 2.45. The van der Waals surface area contributed by atoms with Crippen LogP contribution in [0.25, 0.3) is 10.1 Å². The average Bonchev–Trinajstić information content (AvgIpc) is 2.54. The number of hydrogen-bond acceptors (Lipinski definition) is 2. The van der Waals surface area contributed by atoms with E-state index in [0.29, 0.717) is 11.5 Å². The third-order valence-corrected chi connectivity index (χ3v) is 3.56. The van der Waals surface area contributed by atoms with Crippen molar-refractivity contribution in [3.8, 4) is 0 Å². The topological polar surface area (TPSA) is 12.9 Å². The molecular formula is C7BrClF3NS. The van der Waals surface area contributed by atoms with E-state index in [0.717, 1.165) is 0 Å². The monoisotopic (exact) mass is 301 g/mol. The third-order valence-electron chi connectivity index (χ3n) is 1.65. The molecule has 0 spiro atoms. The average molecular weight is 303 g/mol. The molecule has 0 aliphatic heterocycles. The van der Waals surface area contributed by atoms with E-state index in [1.165, 1.54) is 0 Å². The third kappa shape index (κ3) is 1.24. The minimum Gasteiger partial charge on any atom is -0.204 e. The molecule has 74 valence electrons. The zero-order valence-corrected chi connectivity index (χ0v) is 9.40. The summed E-state index contributed by atoms with van der Waals surface area (Å²) in [6.45, 7) is 0. The highest BCUT2D eigenvalue weighted by Crippen LogP contribution is 2.36. The highest BCUT2D eigenvalue weighted by Gasteiger charge is 2.22. The minimum absolute atomic E-state index is 0.0965. The molecule has 0 N–H and O–H groups in total. The number of halogens is 5. The summed E-state index contributed by atoms with van der Waals surface area (Å²) in [6, 6.07) is 0. The lowest BCUT2D eigenvalue weighted by molar-refractivity contribution is 0.499. The van der Waals surface area contributed by atoms with Gasteiger partial charge >= 0.3 is 0 Å². The number of aromatic nitrogens is 1. The molecule has 1 aromatic heterocycles. The molecule has 1 nitrogen and oxygen atoms in total. The van der Waals surface area contributed by atoms with Crippen molar-refractivity contribution in [2.45, 2.75) is 0 Å². The standard InChI is InChI=1S/C7BrClF3NS/c8-2-4(11)3(10)1-6(5(2)12)14-13-7(1)9.